The van der Waals surface area contributed by atoms with E-state index in [1.165, 1.54) is 5.56 Å². The molecule has 0 radical (unpaired) electrons. The van der Waals surface area contributed by atoms with Crippen LogP contribution in [0.1, 0.15) is 32.3 Å². The van der Waals surface area contributed by atoms with E-state index in [0.717, 1.165) is 29.6 Å². The number of benzene rings is 1. The maximum Gasteiger partial charge on any atom is 0.119 e. The smallest absolute Gasteiger partial charge is 0.119 e. The molecule has 1 aromatic carbocycles. The van der Waals surface area contributed by atoms with E-state index >= 15 is 0 Å². The van der Waals surface area contributed by atoms with Gasteiger partial charge < -0.3 is 10.1 Å². The molecule has 0 fully saturated rings. The molecule has 1 N–H and O–H groups in total. The zero-order valence-corrected chi connectivity index (χ0v) is 13.6. The summed E-state index contributed by atoms with van der Waals surface area (Å²) < 4.78 is 6.34. The number of ether oxygens (including phenoxy) is 1. The largest absolute Gasteiger partial charge is 0.497 e. The first kappa shape index (κ1) is 15.8. The van der Waals surface area contributed by atoms with Gasteiger partial charge in [0.05, 0.1) is 7.11 Å². The van der Waals surface area contributed by atoms with E-state index in [2.05, 4.69) is 35.1 Å². The third kappa shape index (κ3) is 3.87. The van der Waals surface area contributed by atoms with Gasteiger partial charge in [-0.1, -0.05) is 29.8 Å². The van der Waals surface area contributed by atoms with Gasteiger partial charge in [0.2, 0.25) is 0 Å². The van der Waals surface area contributed by atoms with E-state index in [1.807, 2.05) is 18.2 Å². The highest BCUT2D eigenvalue weighted by Gasteiger charge is 2.24. The van der Waals surface area contributed by atoms with Crippen molar-refractivity contribution in [2.24, 2.45) is 0 Å². The van der Waals surface area contributed by atoms with E-state index in [-0.39, 0.29) is 5.54 Å². The Morgan fingerprint density at radius 1 is 1.33 bits per heavy atom. The van der Waals surface area contributed by atoms with Crippen LogP contribution < -0.4 is 10.1 Å². The second-order valence-electron chi connectivity index (χ2n) is 4.43. The molecule has 0 atom stereocenters. The van der Waals surface area contributed by atoms with E-state index in [9.17, 15) is 0 Å². The van der Waals surface area contributed by atoms with Gasteiger partial charge in [-0.25, -0.2) is 0 Å². The SMILES string of the molecule is CCC(CC)(CCl)NCc1cc(OC)ccc1Br. The number of rotatable bonds is 7. The number of hydrogen-bond donors (Lipinski definition) is 1. The highest BCUT2D eigenvalue weighted by Crippen LogP contribution is 2.24. The molecular formula is C14H21BrClNO. The summed E-state index contributed by atoms with van der Waals surface area (Å²) in [5.41, 5.74) is 1.20. The van der Waals surface area contributed by atoms with Gasteiger partial charge in [-0.05, 0) is 36.6 Å². The van der Waals surface area contributed by atoms with Crippen LogP contribution in [0.4, 0.5) is 0 Å². The molecule has 0 bridgehead atoms. The molecule has 0 spiro atoms. The number of hydrogen-bond acceptors (Lipinski definition) is 2. The molecule has 0 unspecified atom stereocenters. The van der Waals surface area contributed by atoms with Crippen molar-refractivity contribution in [2.75, 3.05) is 13.0 Å². The lowest BCUT2D eigenvalue weighted by molar-refractivity contribution is 0.333. The van der Waals surface area contributed by atoms with Crippen LogP contribution in [0.25, 0.3) is 0 Å². The van der Waals surface area contributed by atoms with E-state index in [1.54, 1.807) is 7.11 Å². The first-order valence-electron chi connectivity index (χ1n) is 6.24. The van der Waals surface area contributed by atoms with Crippen molar-refractivity contribution in [3.8, 4) is 5.75 Å². The van der Waals surface area contributed by atoms with E-state index in [4.69, 9.17) is 16.3 Å². The lowest BCUT2D eigenvalue weighted by atomic mass is 9.95. The summed E-state index contributed by atoms with van der Waals surface area (Å²) >= 11 is 9.65. The monoisotopic (exact) mass is 333 g/mol. The van der Waals surface area contributed by atoms with Crippen LogP contribution in [-0.4, -0.2) is 18.5 Å². The molecule has 1 rings (SSSR count). The first-order chi connectivity index (χ1) is 8.60. The third-order valence-corrected chi connectivity index (χ3v) is 4.80. The van der Waals surface area contributed by atoms with Gasteiger partial charge in [0, 0.05) is 22.4 Å². The van der Waals surface area contributed by atoms with Crippen LogP contribution in [0.5, 0.6) is 5.75 Å². The summed E-state index contributed by atoms with van der Waals surface area (Å²) in [7, 11) is 1.68. The Morgan fingerprint density at radius 3 is 2.50 bits per heavy atom. The second-order valence-corrected chi connectivity index (χ2v) is 5.55. The maximum absolute atomic E-state index is 6.09. The zero-order chi connectivity index (χ0) is 13.6. The fraction of sp³-hybridized carbons (Fsp3) is 0.571. The molecule has 102 valence electrons. The van der Waals surface area contributed by atoms with Crippen LogP contribution in [-0.2, 0) is 6.54 Å². The zero-order valence-electron chi connectivity index (χ0n) is 11.2. The molecule has 0 saturated heterocycles. The Balaban J connectivity index is 2.78. The fourth-order valence-electron chi connectivity index (χ4n) is 1.83. The molecular weight excluding hydrogens is 314 g/mol. The summed E-state index contributed by atoms with van der Waals surface area (Å²) in [4.78, 5) is 0. The normalized spacial score (nSPS) is 11.6. The Kier molecular flexibility index (Phi) is 6.47. The molecule has 2 nitrogen and oxygen atoms in total. The quantitative estimate of drug-likeness (QED) is 0.749. The predicted octanol–water partition coefficient (Wildman–Crippen LogP) is 4.34. The highest BCUT2D eigenvalue weighted by atomic mass is 79.9. The number of methoxy groups -OCH3 is 1. The third-order valence-electron chi connectivity index (χ3n) is 3.52. The number of halogens is 2. The summed E-state index contributed by atoms with van der Waals surface area (Å²) in [5.74, 6) is 1.50. The molecule has 0 heterocycles. The molecule has 0 amide bonds. The Morgan fingerprint density at radius 2 is 2.00 bits per heavy atom. The van der Waals surface area contributed by atoms with Gasteiger partial charge in [0.1, 0.15) is 5.75 Å². The molecule has 0 saturated carbocycles. The summed E-state index contributed by atoms with van der Waals surface area (Å²) in [6.07, 6.45) is 2.04. The minimum absolute atomic E-state index is 0.0179. The summed E-state index contributed by atoms with van der Waals surface area (Å²) in [6, 6.07) is 6.00. The highest BCUT2D eigenvalue weighted by molar-refractivity contribution is 9.10. The summed E-state index contributed by atoms with van der Waals surface area (Å²) in [5, 5.41) is 3.57. The first-order valence-corrected chi connectivity index (χ1v) is 7.57. The van der Waals surface area contributed by atoms with Crippen LogP contribution in [0.3, 0.4) is 0 Å². The second kappa shape index (κ2) is 7.37. The van der Waals surface area contributed by atoms with Crippen molar-refractivity contribution < 1.29 is 4.74 Å². The molecule has 0 aliphatic heterocycles. The van der Waals surface area contributed by atoms with Gasteiger partial charge in [-0.2, -0.15) is 0 Å². The van der Waals surface area contributed by atoms with Crippen LogP contribution >= 0.6 is 27.5 Å². The maximum atomic E-state index is 6.09. The van der Waals surface area contributed by atoms with E-state index < -0.39 is 0 Å². The molecule has 18 heavy (non-hydrogen) atoms. The molecule has 0 aliphatic carbocycles. The minimum Gasteiger partial charge on any atom is -0.497 e. The number of alkyl halides is 1. The molecule has 4 heteroatoms. The average Bonchev–Trinajstić information content (AvgIpc) is 2.42. The van der Waals surface area contributed by atoms with Crippen molar-refractivity contribution in [1.82, 2.24) is 5.32 Å². The Labute approximate surface area is 123 Å². The van der Waals surface area contributed by atoms with Crippen LogP contribution in [0, 0.1) is 0 Å². The predicted molar refractivity (Wildman–Crippen MR) is 81.6 cm³/mol. The van der Waals surface area contributed by atoms with Crippen LogP contribution in [0.15, 0.2) is 22.7 Å². The van der Waals surface area contributed by atoms with Crippen molar-refractivity contribution in [2.45, 2.75) is 38.8 Å². The lowest BCUT2D eigenvalue weighted by Gasteiger charge is -2.31. The van der Waals surface area contributed by atoms with E-state index in [0.29, 0.717) is 5.88 Å². The van der Waals surface area contributed by atoms with Crippen molar-refractivity contribution in [3.63, 3.8) is 0 Å². The van der Waals surface area contributed by atoms with Gasteiger partial charge in [-0.15, -0.1) is 11.6 Å². The molecule has 0 aromatic heterocycles. The fourth-order valence-corrected chi connectivity index (χ4v) is 2.69. The van der Waals surface area contributed by atoms with Crippen molar-refractivity contribution in [3.05, 3.63) is 28.2 Å². The van der Waals surface area contributed by atoms with Gasteiger partial charge in [0.25, 0.3) is 0 Å². The van der Waals surface area contributed by atoms with Crippen LogP contribution in [0.2, 0.25) is 0 Å². The standard InChI is InChI=1S/C14H21BrClNO/c1-4-14(5-2,10-16)17-9-11-8-12(18-3)6-7-13(11)15/h6-8,17H,4-5,9-10H2,1-3H3. The Hall–Kier alpha value is -0.250. The van der Waals surface area contributed by atoms with Gasteiger partial charge >= 0.3 is 0 Å². The van der Waals surface area contributed by atoms with Gasteiger partial charge in [-0.3, -0.25) is 0 Å². The topological polar surface area (TPSA) is 21.3 Å². The Bertz CT molecular complexity index is 372. The minimum atomic E-state index is 0.0179. The van der Waals surface area contributed by atoms with Crippen molar-refractivity contribution in [1.29, 1.82) is 0 Å². The van der Waals surface area contributed by atoms with Gasteiger partial charge in [0.15, 0.2) is 0 Å². The summed E-state index contributed by atoms with van der Waals surface area (Å²) in [6.45, 7) is 5.12. The number of nitrogens with one attached hydrogen (secondary N) is 1. The van der Waals surface area contributed by atoms with Crippen molar-refractivity contribution >= 4 is 27.5 Å². The lowest BCUT2D eigenvalue weighted by Crippen LogP contribution is -2.45. The molecule has 0 aliphatic rings. The molecule has 1 aromatic rings. The average molecular weight is 335 g/mol.